The summed E-state index contributed by atoms with van der Waals surface area (Å²) in [6, 6.07) is 2.01. The van der Waals surface area contributed by atoms with E-state index in [2.05, 4.69) is 41.3 Å². The highest BCUT2D eigenvalue weighted by Gasteiger charge is 2.00. The lowest BCUT2D eigenvalue weighted by atomic mass is 10.2. The Morgan fingerprint density at radius 3 is 2.93 bits per heavy atom. The van der Waals surface area contributed by atoms with Crippen molar-refractivity contribution >= 4 is 0 Å². The van der Waals surface area contributed by atoms with E-state index >= 15 is 0 Å². The van der Waals surface area contributed by atoms with Crippen LogP contribution in [0.15, 0.2) is 12.3 Å². The first-order valence-electron chi connectivity index (χ1n) is 5.56. The lowest BCUT2D eigenvalue weighted by Crippen LogP contribution is -2.30. The first kappa shape index (κ1) is 12.2. The third-order valence-corrected chi connectivity index (χ3v) is 2.22. The quantitative estimate of drug-likeness (QED) is 0.662. The van der Waals surface area contributed by atoms with Crippen molar-refractivity contribution in [2.75, 3.05) is 26.7 Å². The van der Waals surface area contributed by atoms with Gasteiger partial charge in [-0.25, -0.2) is 0 Å². The molecule has 1 rings (SSSR count). The predicted molar refractivity (Wildman–Crippen MR) is 62.6 cm³/mol. The Morgan fingerprint density at radius 1 is 1.53 bits per heavy atom. The number of aromatic amines is 1. The van der Waals surface area contributed by atoms with Gasteiger partial charge in [-0.2, -0.15) is 5.10 Å². The Balaban J connectivity index is 2.06. The molecular weight excluding hydrogens is 188 g/mol. The smallest absolute Gasteiger partial charge is 0.0492 e. The molecular formula is C11H22N4. The topological polar surface area (TPSA) is 44.0 Å². The molecule has 0 aliphatic rings. The van der Waals surface area contributed by atoms with Crippen molar-refractivity contribution in [3.63, 3.8) is 0 Å². The van der Waals surface area contributed by atoms with Gasteiger partial charge in [-0.15, -0.1) is 0 Å². The molecule has 0 aromatic carbocycles. The number of hydrogen-bond acceptors (Lipinski definition) is 3. The van der Waals surface area contributed by atoms with Gasteiger partial charge in [0.1, 0.15) is 0 Å². The van der Waals surface area contributed by atoms with E-state index in [1.54, 1.807) is 6.20 Å². The molecule has 0 saturated carbocycles. The van der Waals surface area contributed by atoms with Gasteiger partial charge in [0.2, 0.25) is 0 Å². The number of likely N-dealkylation sites (N-methyl/N-ethyl adjacent to an activating group) is 1. The summed E-state index contributed by atoms with van der Waals surface area (Å²) in [6.45, 7) is 8.58. The summed E-state index contributed by atoms with van der Waals surface area (Å²) in [5, 5.41) is 10.3. The van der Waals surface area contributed by atoms with Crippen molar-refractivity contribution in [3.8, 4) is 0 Å². The lowest BCUT2D eigenvalue weighted by molar-refractivity contribution is 0.318. The normalized spacial score (nSPS) is 11.5. The molecule has 2 N–H and O–H groups in total. The zero-order chi connectivity index (χ0) is 11.1. The molecule has 0 bridgehead atoms. The van der Waals surface area contributed by atoms with Gasteiger partial charge in [-0.05, 0) is 25.6 Å². The van der Waals surface area contributed by atoms with Crippen LogP contribution in [0.1, 0.15) is 19.5 Å². The summed E-state index contributed by atoms with van der Waals surface area (Å²) >= 11 is 0. The minimum Gasteiger partial charge on any atom is -0.315 e. The molecule has 0 aliphatic heterocycles. The van der Waals surface area contributed by atoms with Gasteiger partial charge in [-0.3, -0.25) is 10.00 Å². The molecule has 15 heavy (non-hydrogen) atoms. The molecule has 4 heteroatoms. The van der Waals surface area contributed by atoms with E-state index in [-0.39, 0.29) is 0 Å². The Labute approximate surface area is 92.1 Å². The number of H-pyrrole nitrogens is 1. The summed E-state index contributed by atoms with van der Waals surface area (Å²) in [4.78, 5) is 2.28. The van der Waals surface area contributed by atoms with Crippen LogP contribution in [0.5, 0.6) is 0 Å². The average molecular weight is 210 g/mol. The number of aromatic nitrogens is 2. The predicted octanol–water partition coefficient (Wildman–Crippen LogP) is 1.09. The van der Waals surface area contributed by atoms with Gasteiger partial charge in [0, 0.05) is 31.5 Å². The Morgan fingerprint density at radius 2 is 2.33 bits per heavy atom. The van der Waals surface area contributed by atoms with Crippen molar-refractivity contribution in [2.24, 2.45) is 5.92 Å². The van der Waals surface area contributed by atoms with Crippen LogP contribution in [-0.2, 0) is 6.54 Å². The molecule has 0 radical (unpaired) electrons. The van der Waals surface area contributed by atoms with E-state index in [1.807, 2.05) is 6.07 Å². The van der Waals surface area contributed by atoms with E-state index in [1.165, 1.54) is 5.69 Å². The first-order valence-corrected chi connectivity index (χ1v) is 5.56. The van der Waals surface area contributed by atoms with Crippen molar-refractivity contribution in [3.05, 3.63) is 18.0 Å². The molecule has 0 unspecified atom stereocenters. The van der Waals surface area contributed by atoms with Gasteiger partial charge < -0.3 is 5.32 Å². The molecule has 0 atom stereocenters. The van der Waals surface area contributed by atoms with Crippen molar-refractivity contribution in [1.29, 1.82) is 0 Å². The Bertz CT molecular complexity index is 243. The second-order valence-electron chi connectivity index (χ2n) is 4.42. The summed E-state index contributed by atoms with van der Waals surface area (Å²) in [7, 11) is 2.12. The fraction of sp³-hybridized carbons (Fsp3) is 0.727. The molecule has 1 aromatic rings. The van der Waals surface area contributed by atoms with Crippen molar-refractivity contribution in [2.45, 2.75) is 20.4 Å². The zero-order valence-corrected chi connectivity index (χ0v) is 9.95. The van der Waals surface area contributed by atoms with Gasteiger partial charge >= 0.3 is 0 Å². The maximum atomic E-state index is 3.93. The van der Waals surface area contributed by atoms with Crippen LogP contribution in [0.3, 0.4) is 0 Å². The summed E-state index contributed by atoms with van der Waals surface area (Å²) in [5.41, 5.74) is 1.17. The summed E-state index contributed by atoms with van der Waals surface area (Å²) < 4.78 is 0. The van der Waals surface area contributed by atoms with E-state index in [0.717, 1.165) is 32.1 Å². The zero-order valence-electron chi connectivity index (χ0n) is 9.95. The number of nitrogens with one attached hydrogen (secondary N) is 2. The first-order chi connectivity index (χ1) is 7.18. The van der Waals surface area contributed by atoms with E-state index in [9.17, 15) is 0 Å². The monoisotopic (exact) mass is 210 g/mol. The number of nitrogens with zero attached hydrogens (tertiary/aromatic N) is 2. The van der Waals surface area contributed by atoms with Crippen LogP contribution in [0.2, 0.25) is 0 Å². The Kier molecular flexibility index (Phi) is 5.36. The lowest BCUT2D eigenvalue weighted by Gasteiger charge is -2.16. The van der Waals surface area contributed by atoms with E-state index in [0.29, 0.717) is 0 Å². The van der Waals surface area contributed by atoms with Gasteiger partial charge in [-0.1, -0.05) is 13.8 Å². The van der Waals surface area contributed by atoms with Gasteiger partial charge in [0.25, 0.3) is 0 Å². The minimum atomic E-state index is 0.725. The van der Waals surface area contributed by atoms with Crippen LogP contribution < -0.4 is 5.32 Å². The van der Waals surface area contributed by atoms with Crippen LogP contribution in [0.25, 0.3) is 0 Å². The van der Waals surface area contributed by atoms with E-state index < -0.39 is 0 Å². The number of rotatable bonds is 7. The average Bonchev–Trinajstić information content (AvgIpc) is 2.64. The highest BCUT2D eigenvalue weighted by molar-refractivity contribution is 4.96. The SMILES string of the molecule is CC(C)CNCCN(C)Cc1ccn[nH]1. The van der Waals surface area contributed by atoms with Gasteiger partial charge in [0.05, 0.1) is 0 Å². The summed E-state index contributed by atoms with van der Waals surface area (Å²) in [5.74, 6) is 0.725. The van der Waals surface area contributed by atoms with Crippen LogP contribution in [-0.4, -0.2) is 41.8 Å². The molecule has 0 fully saturated rings. The molecule has 86 valence electrons. The van der Waals surface area contributed by atoms with Crippen LogP contribution in [0.4, 0.5) is 0 Å². The fourth-order valence-electron chi connectivity index (χ4n) is 1.40. The van der Waals surface area contributed by atoms with Crippen molar-refractivity contribution < 1.29 is 0 Å². The molecule has 1 aromatic heterocycles. The third-order valence-electron chi connectivity index (χ3n) is 2.22. The largest absolute Gasteiger partial charge is 0.315 e. The molecule has 4 nitrogen and oxygen atoms in total. The molecule has 0 amide bonds. The molecule has 0 aliphatic carbocycles. The van der Waals surface area contributed by atoms with Crippen LogP contribution >= 0.6 is 0 Å². The second-order valence-corrected chi connectivity index (χ2v) is 4.42. The highest BCUT2D eigenvalue weighted by atomic mass is 15.2. The highest BCUT2D eigenvalue weighted by Crippen LogP contribution is 1.96. The molecule has 0 saturated heterocycles. The van der Waals surface area contributed by atoms with E-state index in [4.69, 9.17) is 0 Å². The third kappa shape index (κ3) is 5.54. The molecule has 1 heterocycles. The standard InChI is InChI=1S/C11H22N4/c1-10(2)8-12-6-7-15(3)9-11-4-5-13-14-11/h4-5,10,12H,6-9H2,1-3H3,(H,13,14). The molecule has 0 spiro atoms. The fourth-order valence-corrected chi connectivity index (χ4v) is 1.40. The second kappa shape index (κ2) is 6.58. The number of hydrogen-bond donors (Lipinski definition) is 2. The maximum Gasteiger partial charge on any atom is 0.0492 e. The minimum absolute atomic E-state index is 0.725. The Hall–Kier alpha value is -0.870. The maximum absolute atomic E-state index is 3.93. The summed E-state index contributed by atoms with van der Waals surface area (Å²) in [6.07, 6.45) is 1.79. The van der Waals surface area contributed by atoms with Gasteiger partial charge in [0.15, 0.2) is 0 Å². The van der Waals surface area contributed by atoms with Crippen molar-refractivity contribution in [1.82, 2.24) is 20.4 Å². The van der Waals surface area contributed by atoms with Crippen LogP contribution in [0, 0.1) is 5.92 Å².